The number of phenolic OH excluding ortho intramolecular Hbond substituents is 1. The fraction of sp³-hybridized carbons (Fsp3) is 0.500. The first-order valence-electron chi connectivity index (χ1n) is 7.43. The number of methoxy groups -OCH3 is 1. The number of amides is 1. The quantitative estimate of drug-likeness (QED) is 0.565. The lowest BCUT2D eigenvalue weighted by atomic mass is 10.2. The van der Waals surface area contributed by atoms with Crippen LogP contribution in [0.1, 0.15) is 49.4 Å². The van der Waals surface area contributed by atoms with Gasteiger partial charge in [-0.05, 0) is 18.6 Å². The van der Waals surface area contributed by atoms with Crippen LogP contribution in [0.15, 0.2) is 18.2 Å². The van der Waals surface area contributed by atoms with Crippen molar-refractivity contribution in [3.05, 3.63) is 23.8 Å². The van der Waals surface area contributed by atoms with Crippen LogP contribution in [-0.4, -0.2) is 30.9 Å². The van der Waals surface area contributed by atoms with Gasteiger partial charge < -0.3 is 14.6 Å². The Morgan fingerprint density at radius 1 is 1.18 bits per heavy atom. The van der Waals surface area contributed by atoms with Gasteiger partial charge in [-0.1, -0.05) is 32.6 Å². The Morgan fingerprint density at radius 3 is 2.55 bits per heavy atom. The first-order chi connectivity index (χ1) is 10.6. The van der Waals surface area contributed by atoms with Crippen molar-refractivity contribution in [3.8, 4) is 5.75 Å². The zero-order valence-corrected chi connectivity index (χ0v) is 13.1. The van der Waals surface area contributed by atoms with Gasteiger partial charge in [-0.15, -0.1) is 0 Å². The van der Waals surface area contributed by atoms with Gasteiger partial charge in [0.05, 0.1) is 13.7 Å². The highest BCUT2D eigenvalue weighted by Crippen LogP contribution is 2.22. The maximum absolute atomic E-state index is 11.6. The summed E-state index contributed by atoms with van der Waals surface area (Å²) < 4.78 is 9.56. The number of ether oxygens (including phenoxy) is 2. The van der Waals surface area contributed by atoms with E-state index in [4.69, 9.17) is 4.74 Å². The van der Waals surface area contributed by atoms with E-state index in [1.54, 1.807) is 0 Å². The van der Waals surface area contributed by atoms with Gasteiger partial charge in [0.15, 0.2) is 0 Å². The summed E-state index contributed by atoms with van der Waals surface area (Å²) in [6.07, 6.45) is 4.80. The van der Waals surface area contributed by atoms with Gasteiger partial charge in [0.25, 0.3) is 0 Å². The summed E-state index contributed by atoms with van der Waals surface area (Å²) in [6.45, 7) is 2.51. The largest absolute Gasteiger partial charge is 0.507 e. The van der Waals surface area contributed by atoms with Gasteiger partial charge in [0.1, 0.15) is 11.3 Å². The van der Waals surface area contributed by atoms with Crippen molar-refractivity contribution in [3.63, 3.8) is 0 Å². The van der Waals surface area contributed by atoms with Crippen molar-refractivity contribution in [2.24, 2.45) is 0 Å². The van der Waals surface area contributed by atoms with Gasteiger partial charge in [0, 0.05) is 11.8 Å². The number of nitrogens with one attached hydrogen (secondary N) is 1. The maximum Gasteiger partial charge on any atom is 0.411 e. The molecule has 0 aliphatic heterocycles. The zero-order chi connectivity index (χ0) is 16.4. The van der Waals surface area contributed by atoms with E-state index < -0.39 is 12.1 Å². The minimum absolute atomic E-state index is 0.0392. The number of anilines is 1. The zero-order valence-electron chi connectivity index (χ0n) is 13.1. The molecule has 0 fully saturated rings. The lowest BCUT2D eigenvalue weighted by molar-refractivity contribution is 0.0597. The fourth-order valence-electron chi connectivity index (χ4n) is 1.92. The Balaban J connectivity index is 2.38. The molecule has 0 aliphatic carbocycles. The second-order valence-electron chi connectivity index (χ2n) is 4.90. The van der Waals surface area contributed by atoms with Crippen LogP contribution in [0.2, 0.25) is 0 Å². The van der Waals surface area contributed by atoms with E-state index in [0.717, 1.165) is 19.3 Å². The summed E-state index contributed by atoms with van der Waals surface area (Å²) in [6, 6.07) is 4.14. The van der Waals surface area contributed by atoms with Crippen LogP contribution in [0.3, 0.4) is 0 Å². The molecule has 0 atom stereocenters. The molecule has 1 aromatic carbocycles. The van der Waals surface area contributed by atoms with E-state index in [2.05, 4.69) is 17.0 Å². The number of unbranched alkanes of at least 4 members (excludes halogenated alkanes) is 4. The topological polar surface area (TPSA) is 84.9 Å². The van der Waals surface area contributed by atoms with Crippen LogP contribution in [-0.2, 0) is 9.47 Å². The minimum Gasteiger partial charge on any atom is -0.507 e. The second-order valence-corrected chi connectivity index (χ2v) is 4.90. The first-order valence-corrected chi connectivity index (χ1v) is 7.43. The molecule has 0 heterocycles. The van der Waals surface area contributed by atoms with Crippen molar-refractivity contribution in [1.82, 2.24) is 0 Å². The number of rotatable bonds is 8. The van der Waals surface area contributed by atoms with Gasteiger partial charge >= 0.3 is 12.1 Å². The Morgan fingerprint density at radius 2 is 1.91 bits per heavy atom. The van der Waals surface area contributed by atoms with E-state index in [0.29, 0.717) is 12.3 Å². The third-order valence-electron chi connectivity index (χ3n) is 3.13. The molecular weight excluding hydrogens is 286 g/mol. The van der Waals surface area contributed by atoms with Gasteiger partial charge in [-0.2, -0.15) is 0 Å². The smallest absolute Gasteiger partial charge is 0.411 e. The van der Waals surface area contributed by atoms with E-state index in [1.807, 2.05) is 0 Å². The molecule has 0 saturated carbocycles. The molecule has 1 rings (SSSR count). The third-order valence-corrected chi connectivity index (χ3v) is 3.13. The molecule has 0 radical (unpaired) electrons. The standard InChI is InChI=1S/C16H23NO5/c1-3-4-5-6-7-10-22-16(20)17-12-8-9-13(14(18)11-12)15(19)21-2/h8-9,11,18H,3-7,10H2,1-2H3,(H,17,20). The number of phenols is 1. The second kappa shape index (κ2) is 9.65. The molecule has 0 spiro atoms. The normalized spacial score (nSPS) is 10.1. The number of esters is 1. The number of carbonyl (C=O) groups excluding carboxylic acids is 2. The molecule has 122 valence electrons. The fourth-order valence-corrected chi connectivity index (χ4v) is 1.92. The number of hydrogen-bond acceptors (Lipinski definition) is 5. The lowest BCUT2D eigenvalue weighted by Crippen LogP contribution is -2.14. The van der Waals surface area contributed by atoms with Gasteiger partial charge in [0.2, 0.25) is 0 Å². The molecule has 2 N–H and O–H groups in total. The van der Waals surface area contributed by atoms with E-state index in [1.165, 1.54) is 38.2 Å². The van der Waals surface area contributed by atoms with E-state index >= 15 is 0 Å². The highest BCUT2D eigenvalue weighted by Gasteiger charge is 2.12. The molecule has 0 bridgehead atoms. The SMILES string of the molecule is CCCCCCCOC(=O)Nc1ccc(C(=O)OC)c(O)c1. The highest BCUT2D eigenvalue weighted by molar-refractivity contribution is 5.94. The summed E-state index contributed by atoms with van der Waals surface area (Å²) >= 11 is 0. The minimum atomic E-state index is -0.640. The Hall–Kier alpha value is -2.24. The summed E-state index contributed by atoms with van der Waals surface area (Å²) in [4.78, 5) is 22.9. The van der Waals surface area contributed by atoms with Gasteiger partial charge in [-0.25, -0.2) is 9.59 Å². The van der Waals surface area contributed by atoms with Crippen molar-refractivity contribution in [2.75, 3.05) is 19.0 Å². The molecule has 1 amide bonds. The molecule has 1 aromatic rings. The summed E-state index contributed by atoms with van der Waals surface area (Å²) in [5.41, 5.74) is 0.387. The van der Waals surface area contributed by atoms with Crippen LogP contribution in [0.25, 0.3) is 0 Å². The Bertz CT molecular complexity index is 501. The van der Waals surface area contributed by atoms with Crippen molar-refractivity contribution < 1.29 is 24.2 Å². The molecule has 0 aliphatic rings. The van der Waals surface area contributed by atoms with Crippen LogP contribution in [0.5, 0.6) is 5.75 Å². The predicted octanol–water partition coefficient (Wildman–Crippen LogP) is 3.70. The maximum atomic E-state index is 11.6. The van der Waals surface area contributed by atoms with Crippen LogP contribution < -0.4 is 5.32 Å². The van der Waals surface area contributed by atoms with Crippen LogP contribution in [0.4, 0.5) is 10.5 Å². The first kappa shape index (κ1) is 17.8. The molecular formula is C16H23NO5. The molecule has 0 unspecified atom stereocenters. The number of carbonyl (C=O) groups is 2. The summed E-state index contributed by atoms with van der Waals surface area (Å²) in [5.74, 6) is -0.900. The number of aromatic hydroxyl groups is 1. The number of benzene rings is 1. The molecule has 6 nitrogen and oxygen atoms in total. The van der Waals surface area contributed by atoms with Crippen LogP contribution >= 0.6 is 0 Å². The van der Waals surface area contributed by atoms with E-state index in [9.17, 15) is 14.7 Å². The van der Waals surface area contributed by atoms with Crippen molar-refractivity contribution in [2.45, 2.75) is 39.0 Å². The molecule has 0 aromatic heterocycles. The Labute approximate surface area is 130 Å². The average molecular weight is 309 g/mol. The third kappa shape index (κ3) is 6.03. The lowest BCUT2D eigenvalue weighted by Gasteiger charge is -2.08. The van der Waals surface area contributed by atoms with Crippen LogP contribution in [0, 0.1) is 0 Å². The molecule has 22 heavy (non-hydrogen) atoms. The highest BCUT2D eigenvalue weighted by atomic mass is 16.5. The predicted molar refractivity (Wildman–Crippen MR) is 83.2 cm³/mol. The monoisotopic (exact) mass is 309 g/mol. The summed E-state index contributed by atoms with van der Waals surface area (Å²) in [5, 5.41) is 12.2. The average Bonchev–Trinajstić information content (AvgIpc) is 2.50. The summed E-state index contributed by atoms with van der Waals surface area (Å²) in [7, 11) is 1.23. The molecule has 0 saturated heterocycles. The van der Waals surface area contributed by atoms with Crippen molar-refractivity contribution in [1.29, 1.82) is 0 Å². The molecule has 6 heteroatoms. The van der Waals surface area contributed by atoms with Gasteiger partial charge in [-0.3, -0.25) is 5.32 Å². The number of hydrogen-bond donors (Lipinski definition) is 2. The Kier molecular flexibility index (Phi) is 7.81. The van der Waals surface area contributed by atoms with Crippen molar-refractivity contribution >= 4 is 17.7 Å². The van der Waals surface area contributed by atoms with E-state index in [-0.39, 0.29) is 11.3 Å².